The third-order valence-electron chi connectivity index (χ3n) is 2.46. The Morgan fingerprint density at radius 3 is 2.64 bits per heavy atom. The lowest BCUT2D eigenvalue weighted by molar-refractivity contribution is 0.111. The maximum absolute atomic E-state index is 13.4. The van der Waals surface area contributed by atoms with Crippen molar-refractivity contribution in [1.82, 2.24) is 0 Å². The van der Waals surface area contributed by atoms with Crippen molar-refractivity contribution in [2.24, 2.45) is 5.92 Å². The maximum Gasteiger partial charge on any atom is 0.130 e. The lowest BCUT2D eigenvalue weighted by atomic mass is 9.95. The monoisotopic (exact) mass is 216 g/mol. The third-order valence-corrected chi connectivity index (χ3v) is 2.70. The standard InChI is InChI=1S/C11H14ClFO/c1-3-7(2)11(14)9-5-4-8(12)6-10(9)13/h4-7,11,14H,3H2,1-2H3. The Kier molecular flexibility index (Phi) is 3.90. The van der Waals surface area contributed by atoms with Crippen LogP contribution in [-0.4, -0.2) is 5.11 Å². The summed E-state index contributed by atoms with van der Waals surface area (Å²) in [6.45, 7) is 3.85. The van der Waals surface area contributed by atoms with Crippen LogP contribution in [0.2, 0.25) is 5.02 Å². The van der Waals surface area contributed by atoms with E-state index in [1.54, 1.807) is 6.07 Å². The highest BCUT2D eigenvalue weighted by molar-refractivity contribution is 6.30. The van der Waals surface area contributed by atoms with Gasteiger partial charge in [-0.2, -0.15) is 0 Å². The SMILES string of the molecule is CCC(C)C(O)c1ccc(Cl)cc1F. The summed E-state index contributed by atoms with van der Waals surface area (Å²) >= 11 is 5.61. The van der Waals surface area contributed by atoms with Gasteiger partial charge in [-0.05, 0) is 18.1 Å². The number of benzene rings is 1. The van der Waals surface area contributed by atoms with Crippen molar-refractivity contribution in [1.29, 1.82) is 0 Å². The third kappa shape index (κ3) is 2.46. The highest BCUT2D eigenvalue weighted by Gasteiger charge is 2.18. The Hall–Kier alpha value is -0.600. The van der Waals surface area contributed by atoms with Crippen LogP contribution in [0.5, 0.6) is 0 Å². The molecule has 0 radical (unpaired) electrons. The molecule has 1 rings (SSSR count). The van der Waals surface area contributed by atoms with E-state index in [0.717, 1.165) is 6.42 Å². The lowest BCUT2D eigenvalue weighted by Gasteiger charge is -2.18. The average molecular weight is 217 g/mol. The fourth-order valence-electron chi connectivity index (χ4n) is 1.27. The van der Waals surface area contributed by atoms with E-state index in [2.05, 4.69) is 0 Å². The van der Waals surface area contributed by atoms with Crippen molar-refractivity contribution in [2.45, 2.75) is 26.4 Å². The van der Waals surface area contributed by atoms with Gasteiger partial charge in [0.15, 0.2) is 0 Å². The summed E-state index contributed by atoms with van der Waals surface area (Å²) in [5.74, 6) is -0.393. The Morgan fingerprint density at radius 2 is 2.14 bits per heavy atom. The van der Waals surface area contributed by atoms with Crippen molar-refractivity contribution in [2.75, 3.05) is 0 Å². The molecule has 1 aromatic rings. The summed E-state index contributed by atoms with van der Waals surface area (Å²) in [6.07, 6.45) is 0.0562. The summed E-state index contributed by atoms with van der Waals surface area (Å²) < 4.78 is 13.4. The predicted molar refractivity (Wildman–Crippen MR) is 55.8 cm³/mol. The molecule has 0 aromatic heterocycles. The van der Waals surface area contributed by atoms with Crippen molar-refractivity contribution < 1.29 is 9.50 Å². The summed E-state index contributed by atoms with van der Waals surface area (Å²) in [5.41, 5.74) is 0.323. The van der Waals surface area contributed by atoms with E-state index in [1.807, 2.05) is 13.8 Å². The number of hydrogen-bond acceptors (Lipinski definition) is 1. The van der Waals surface area contributed by atoms with Gasteiger partial charge in [0, 0.05) is 10.6 Å². The molecule has 0 aliphatic rings. The van der Waals surface area contributed by atoms with Gasteiger partial charge >= 0.3 is 0 Å². The minimum atomic E-state index is -0.753. The van der Waals surface area contributed by atoms with E-state index in [-0.39, 0.29) is 5.92 Å². The molecule has 0 spiro atoms. The molecule has 2 unspecified atom stereocenters. The zero-order valence-corrected chi connectivity index (χ0v) is 9.05. The first-order valence-corrected chi connectivity index (χ1v) is 5.07. The topological polar surface area (TPSA) is 20.2 Å². The second-order valence-electron chi connectivity index (χ2n) is 3.50. The Labute approximate surface area is 88.5 Å². The molecule has 0 fully saturated rings. The minimum absolute atomic E-state index is 0.0469. The zero-order valence-electron chi connectivity index (χ0n) is 8.30. The highest BCUT2D eigenvalue weighted by atomic mass is 35.5. The molecule has 0 aliphatic heterocycles. The summed E-state index contributed by atoms with van der Waals surface area (Å²) in [6, 6.07) is 4.35. The average Bonchev–Trinajstić information content (AvgIpc) is 2.15. The number of rotatable bonds is 3. The molecule has 78 valence electrons. The van der Waals surface area contributed by atoms with Gasteiger partial charge < -0.3 is 5.11 Å². The molecule has 3 heteroatoms. The first-order valence-electron chi connectivity index (χ1n) is 4.69. The molecular weight excluding hydrogens is 203 g/mol. The van der Waals surface area contributed by atoms with Crippen molar-refractivity contribution >= 4 is 11.6 Å². The van der Waals surface area contributed by atoms with Gasteiger partial charge in [0.25, 0.3) is 0 Å². The molecule has 1 aromatic carbocycles. The van der Waals surface area contributed by atoms with Crippen LogP contribution in [0.15, 0.2) is 18.2 Å². The van der Waals surface area contributed by atoms with Crippen molar-refractivity contribution in [3.8, 4) is 0 Å². The minimum Gasteiger partial charge on any atom is -0.388 e. The Bertz CT molecular complexity index is 314. The molecule has 0 heterocycles. The van der Waals surface area contributed by atoms with Crippen molar-refractivity contribution in [3.63, 3.8) is 0 Å². The molecular formula is C11H14ClFO. The van der Waals surface area contributed by atoms with Gasteiger partial charge in [-0.1, -0.05) is 37.9 Å². The maximum atomic E-state index is 13.4. The van der Waals surface area contributed by atoms with Crippen LogP contribution in [0.25, 0.3) is 0 Å². The lowest BCUT2D eigenvalue weighted by Crippen LogP contribution is -2.09. The highest BCUT2D eigenvalue weighted by Crippen LogP contribution is 2.27. The van der Waals surface area contributed by atoms with Gasteiger partial charge in [0.05, 0.1) is 6.10 Å². The van der Waals surface area contributed by atoms with E-state index >= 15 is 0 Å². The van der Waals surface area contributed by atoms with E-state index in [0.29, 0.717) is 10.6 Å². The molecule has 0 amide bonds. The molecule has 0 bridgehead atoms. The fraction of sp³-hybridized carbons (Fsp3) is 0.455. The van der Waals surface area contributed by atoms with Gasteiger partial charge in [-0.15, -0.1) is 0 Å². The first-order chi connectivity index (χ1) is 6.56. The summed E-state index contributed by atoms with van der Waals surface area (Å²) in [7, 11) is 0. The van der Waals surface area contributed by atoms with Gasteiger partial charge in [-0.3, -0.25) is 0 Å². The summed E-state index contributed by atoms with van der Waals surface area (Å²) in [4.78, 5) is 0. The Balaban J connectivity index is 2.95. The van der Waals surface area contributed by atoms with Gasteiger partial charge in [0.1, 0.15) is 5.82 Å². The van der Waals surface area contributed by atoms with Crippen LogP contribution in [0.3, 0.4) is 0 Å². The van der Waals surface area contributed by atoms with E-state index in [1.165, 1.54) is 12.1 Å². The van der Waals surface area contributed by atoms with Crippen LogP contribution in [0.1, 0.15) is 31.9 Å². The quantitative estimate of drug-likeness (QED) is 0.819. The number of halogens is 2. The second kappa shape index (κ2) is 4.76. The normalized spacial score (nSPS) is 15.2. The van der Waals surface area contributed by atoms with E-state index < -0.39 is 11.9 Å². The van der Waals surface area contributed by atoms with Crippen LogP contribution < -0.4 is 0 Å². The first kappa shape index (κ1) is 11.5. The molecule has 0 saturated heterocycles. The molecule has 0 aliphatic carbocycles. The number of aliphatic hydroxyl groups excluding tert-OH is 1. The molecule has 14 heavy (non-hydrogen) atoms. The molecule has 1 N–H and O–H groups in total. The number of hydrogen-bond donors (Lipinski definition) is 1. The second-order valence-corrected chi connectivity index (χ2v) is 3.93. The number of aliphatic hydroxyl groups is 1. The van der Waals surface area contributed by atoms with E-state index in [4.69, 9.17) is 11.6 Å². The molecule has 0 saturated carbocycles. The van der Waals surface area contributed by atoms with Gasteiger partial charge in [-0.25, -0.2) is 4.39 Å². The van der Waals surface area contributed by atoms with Gasteiger partial charge in [0.2, 0.25) is 0 Å². The zero-order chi connectivity index (χ0) is 10.7. The van der Waals surface area contributed by atoms with Crippen LogP contribution in [-0.2, 0) is 0 Å². The van der Waals surface area contributed by atoms with Crippen LogP contribution >= 0.6 is 11.6 Å². The Morgan fingerprint density at radius 1 is 1.50 bits per heavy atom. The van der Waals surface area contributed by atoms with Crippen molar-refractivity contribution in [3.05, 3.63) is 34.6 Å². The largest absolute Gasteiger partial charge is 0.388 e. The summed E-state index contributed by atoms with van der Waals surface area (Å²) in [5, 5.41) is 10.1. The molecule has 1 nitrogen and oxygen atoms in total. The smallest absolute Gasteiger partial charge is 0.130 e. The molecule has 2 atom stereocenters. The van der Waals surface area contributed by atoms with Crippen LogP contribution in [0.4, 0.5) is 4.39 Å². The van der Waals surface area contributed by atoms with E-state index in [9.17, 15) is 9.50 Å². The fourth-order valence-corrected chi connectivity index (χ4v) is 1.43. The van der Waals surface area contributed by atoms with Crippen LogP contribution in [0, 0.1) is 11.7 Å². The predicted octanol–water partition coefficient (Wildman–Crippen LogP) is 3.56.